The third-order valence-electron chi connectivity index (χ3n) is 8.62. The van der Waals surface area contributed by atoms with Crippen molar-refractivity contribution in [3.05, 3.63) is 120 Å². The number of alkyl carbamates (subject to hydrolysis) is 1. The fraction of sp³-hybridized carbons (Fsp3) is 0.297. The van der Waals surface area contributed by atoms with Gasteiger partial charge in [0.1, 0.15) is 6.04 Å². The number of carbonyl (C=O) groups is 2. The van der Waals surface area contributed by atoms with E-state index in [-0.39, 0.29) is 24.2 Å². The molecule has 248 valence electrons. The highest BCUT2D eigenvalue weighted by atomic mass is 32.2. The lowest BCUT2D eigenvalue weighted by molar-refractivity contribution is -0.118. The van der Waals surface area contributed by atoms with E-state index in [0.717, 1.165) is 46.1 Å². The minimum absolute atomic E-state index is 0.00202. The van der Waals surface area contributed by atoms with Crippen LogP contribution in [0.2, 0.25) is 0 Å². The molecule has 3 aromatic carbocycles. The molecule has 4 atom stereocenters. The first-order valence-corrected chi connectivity index (χ1v) is 17.1. The Morgan fingerprint density at radius 3 is 2.40 bits per heavy atom. The van der Waals surface area contributed by atoms with Gasteiger partial charge >= 0.3 is 6.09 Å². The van der Waals surface area contributed by atoms with E-state index < -0.39 is 18.1 Å². The van der Waals surface area contributed by atoms with Crippen LogP contribution in [0.15, 0.2) is 108 Å². The van der Waals surface area contributed by atoms with Gasteiger partial charge in [0.05, 0.1) is 24.8 Å². The normalized spacial score (nSPS) is 18.4. The molecule has 0 bridgehead atoms. The summed E-state index contributed by atoms with van der Waals surface area (Å²) in [6, 6.07) is 30.3. The van der Waals surface area contributed by atoms with Gasteiger partial charge in [0.25, 0.3) is 0 Å². The summed E-state index contributed by atoms with van der Waals surface area (Å²) < 4.78 is 11.5. The van der Waals surface area contributed by atoms with Crippen molar-refractivity contribution < 1.29 is 19.1 Å². The molecule has 0 unspecified atom stereocenters. The summed E-state index contributed by atoms with van der Waals surface area (Å²) in [5.41, 5.74) is 5.11. The van der Waals surface area contributed by atoms with Crippen LogP contribution in [-0.4, -0.2) is 70.7 Å². The number of aryl methyl sites for hydroxylation is 1. The van der Waals surface area contributed by atoms with Crippen LogP contribution in [0.5, 0.6) is 0 Å². The van der Waals surface area contributed by atoms with E-state index in [1.807, 2.05) is 97.1 Å². The highest BCUT2D eigenvalue weighted by Gasteiger charge is 2.33. The van der Waals surface area contributed by atoms with Crippen LogP contribution in [0.25, 0.3) is 11.2 Å². The van der Waals surface area contributed by atoms with E-state index in [4.69, 9.17) is 9.47 Å². The van der Waals surface area contributed by atoms with E-state index in [0.29, 0.717) is 17.8 Å². The predicted molar refractivity (Wildman–Crippen MR) is 188 cm³/mol. The molecule has 1 saturated heterocycles. The number of hydrogen-bond acceptors (Lipinski definition) is 8. The maximum atomic E-state index is 14.1. The van der Waals surface area contributed by atoms with Crippen molar-refractivity contribution >= 4 is 40.6 Å². The van der Waals surface area contributed by atoms with Crippen LogP contribution in [-0.2, 0) is 20.7 Å². The van der Waals surface area contributed by atoms with Gasteiger partial charge < -0.3 is 30.4 Å². The Hall–Kier alpha value is -4.71. The monoisotopic (exact) mass is 664 g/mol. The molecule has 2 aromatic heterocycles. The molecule has 2 amide bonds. The Morgan fingerprint density at radius 2 is 1.69 bits per heavy atom. The van der Waals surface area contributed by atoms with Gasteiger partial charge in [0.15, 0.2) is 10.8 Å². The van der Waals surface area contributed by atoms with Crippen molar-refractivity contribution in [3.63, 3.8) is 0 Å². The lowest BCUT2D eigenvalue weighted by atomic mass is 9.84. The summed E-state index contributed by atoms with van der Waals surface area (Å²) in [4.78, 5) is 38.9. The number of rotatable bonds is 12. The number of carbonyl (C=O) groups excluding carboxylic acids is 2. The molecule has 0 spiro atoms. The molecule has 10 nitrogen and oxygen atoms in total. The number of nitrogens with one attached hydrogen (secondary N) is 4. The number of fused-ring (bicyclic) bond motifs is 1. The second-order valence-corrected chi connectivity index (χ2v) is 12.8. The molecule has 6 rings (SSSR count). The van der Waals surface area contributed by atoms with Gasteiger partial charge in [-0.1, -0.05) is 90.6 Å². The minimum Gasteiger partial charge on any atom is -0.453 e. The summed E-state index contributed by atoms with van der Waals surface area (Å²) >= 11 is 1.63. The predicted octanol–water partition coefficient (Wildman–Crippen LogP) is 5.92. The Balaban J connectivity index is 1.13. The summed E-state index contributed by atoms with van der Waals surface area (Å²) in [5.74, 6) is -0.0451. The number of ether oxygens (including phenoxy) is 2. The van der Waals surface area contributed by atoms with Gasteiger partial charge in [-0.3, -0.25) is 4.79 Å². The molecule has 1 aliphatic rings. The molecular formula is C37H40N6O4S. The highest BCUT2D eigenvalue weighted by Crippen LogP contribution is 2.30. The van der Waals surface area contributed by atoms with Crippen molar-refractivity contribution in [1.82, 2.24) is 25.6 Å². The first-order valence-electron chi connectivity index (χ1n) is 16.1. The van der Waals surface area contributed by atoms with E-state index in [1.165, 1.54) is 7.11 Å². The number of thioether (sulfide) groups is 1. The van der Waals surface area contributed by atoms with Crippen molar-refractivity contribution in [2.75, 3.05) is 24.7 Å². The lowest BCUT2D eigenvalue weighted by Gasteiger charge is -2.36. The van der Waals surface area contributed by atoms with Crippen LogP contribution in [0.4, 0.5) is 10.5 Å². The molecule has 0 aliphatic carbocycles. The molecule has 11 heteroatoms. The first-order chi connectivity index (χ1) is 23.5. The SMILES string of the molecule is COC(=O)N[C@H](C(=O)Nc1ccccc1CC[C@@H]1CN[C@H](C)[C@@H](CSc2nc3ncccc3[nH]2)O1)C(c1ccccc1)c1ccccc1. The third-order valence-corrected chi connectivity index (χ3v) is 9.58. The van der Waals surface area contributed by atoms with Crippen LogP contribution in [0.1, 0.15) is 36.0 Å². The Morgan fingerprint density at radius 1 is 0.979 bits per heavy atom. The zero-order valence-electron chi connectivity index (χ0n) is 27.0. The number of aromatic nitrogens is 3. The topological polar surface area (TPSA) is 130 Å². The molecular weight excluding hydrogens is 625 g/mol. The fourth-order valence-corrected chi connectivity index (χ4v) is 7.06. The Kier molecular flexibility index (Phi) is 11.0. The number of anilines is 1. The molecule has 1 fully saturated rings. The number of methoxy groups -OCH3 is 1. The number of morpholine rings is 1. The van der Waals surface area contributed by atoms with E-state index in [1.54, 1.807) is 18.0 Å². The number of H-pyrrole nitrogens is 1. The van der Waals surface area contributed by atoms with Crippen LogP contribution in [0.3, 0.4) is 0 Å². The standard InChI is InChI=1S/C37H40N6O4S/c1-24-31(23-48-36-41-30-18-11-21-38-34(30)43-36)47-28(22-39-24)20-19-25-12-9-10-17-29(25)40-35(44)33(42-37(45)46-2)32(26-13-5-3-6-14-26)27-15-7-4-8-16-27/h3-18,21,24,28,31-33,39H,19-20,22-23H2,1-2H3,(H,40,44)(H,42,45)(H,38,41,43)/t24-,28-,31-,33+/m1/s1. The smallest absolute Gasteiger partial charge is 0.407 e. The largest absolute Gasteiger partial charge is 0.453 e. The van der Waals surface area contributed by atoms with Gasteiger partial charge in [0, 0.05) is 36.1 Å². The summed E-state index contributed by atoms with van der Waals surface area (Å²) in [7, 11) is 1.29. The summed E-state index contributed by atoms with van der Waals surface area (Å²) in [6.45, 7) is 2.88. The second-order valence-electron chi connectivity index (χ2n) is 11.8. The number of hydrogen-bond donors (Lipinski definition) is 4. The van der Waals surface area contributed by atoms with Gasteiger partial charge in [-0.05, 0) is 54.7 Å². The molecule has 0 saturated carbocycles. The first kappa shape index (κ1) is 33.2. The van der Waals surface area contributed by atoms with Gasteiger partial charge in [-0.25, -0.2) is 14.8 Å². The van der Waals surface area contributed by atoms with Crippen molar-refractivity contribution in [2.24, 2.45) is 0 Å². The van der Waals surface area contributed by atoms with E-state index in [9.17, 15) is 9.59 Å². The van der Waals surface area contributed by atoms with Crippen LogP contribution in [0, 0.1) is 0 Å². The molecule has 1 aliphatic heterocycles. The van der Waals surface area contributed by atoms with Gasteiger partial charge in [0.2, 0.25) is 5.91 Å². The summed E-state index contributed by atoms with van der Waals surface area (Å²) in [6.07, 6.45) is 2.53. The number of aromatic amines is 1. The second kappa shape index (κ2) is 15.9. The quantitative estimate of drug-likeness (QED) is 0.121. The lowest BCUT2D eigenvalue weighted by Crippen LogP contribution is -2.52. The van der Waals surface area contributed by atoms with Crippen LogP contribution < -0.4 is 16.0 Å². The maximum absolute atomic E-state index is 14.1. The molecule has 48 heavy (non-hydrogen) atoms. The van der Waals surface area contributed by atoms with E-state index in [2.05, 4.69) is 37.8 Å². The molecule has 4 N–H and O–H groups in total. The third kappa shape index (κ3) is 8.22. The zero-order chi connectivity index (χ0) is 33.3. The maximum Gasteiger partial charge on any atom is 0.407 e. The van der Waals surface area contributed by atoms with Crippen LogP contribution >= 0.6 is 11.8 Å². The Bertz CT molecular complexity index is 1730. The number of amides is 2. The number of para-hydroxylation sites is 1. The molecule has 5 aromatic rings. The highest BCUT2D eigenvalue weighted by molar-refractivity contribution is 7.99. The Labute approximate surface area is 284 Å². The average molecular weight is 665 g/mol. The number of nitrogens with zero attached hydrogens (tertiary/aromatic N) is 2. The number of imidazole rings is 1. The van der Waals surface area contributed by atoms with Gasteiger partial charge in [-0.15, -0.1) is 0 Å². The minimum atomic E-state index is -0.941. The van der Waals surface area contributed by atoms with Crippen molar-refractivity contribution in [3.8, 4) is 0 Å². The summed E-state index contributed by atoms with van der Waals surface area (Å²) in [5, 5.41) is 10.4. The average Bonchev–Trinajstić information content (AvgIpc) is 3.55. The van der Waals surface area contributed by atoms with E-state index >= 15 is 0 Å². The molecule has 3 heterocycles. The number of pyridine rings is 1. The molecule has 0 radical (unpaired) electrons. The van der Waals surface area contributed by atoms with Crippen molar-refractivity contribution in [2.45, 2.75) is 55.1 Å². The van der Waals surface area contributed by atoms with Crippen molar-refractivity contribution in [1.29, 1.82) is 0 Å². The number of benzene rings is 3. The van der Waals surface area contributed by atoms with Gasteiger partial charge in [-0.2, -0.15) is 0 Å². The zero-order valence-corrected chi connectivity index (χ0v) is 27.8. The fourth-order valence-electron chi connectivity index (χ4n) is 6.04.